The first-order valence-corrected chi connectivity index (χ1v) is 4.49. The summed E-state index contributed by atoms with van der Waals surface area (Å²) in [5, 5.41) is 17.4. The minimum atomic E-state index is -0.648. The maximum atomic E-state index is 13.2. The van der Waals surface area contributed by atoms with Gasteiger partial charge in [-0.3, -0.25) is 0 Å². The van der Waals surface area contributed by atoms with E-state index in [1.807, 2.05) is 6.07 Å². The van der Waals surface area contributed by atoms with Crippen LogP contribution in [0.4, 0.5) is 4.39 Å². The molecule has 0 fully saturated rings. The highest BCUT2D eigenvalue weighted by Crippen LogP contribution is 2.27. The van der Waals surface area contributed by atoms with Crippen LogP contribution in [0.15, 0.2) is 16.6 Å². The summed E-state index contributed by atoms with van der Waals surface area (Å²) in [6.45, 7) is 0. The van der Waals surface area contributed by atoms with Crippen molar-refractivity contribution in [3.8, 4) is 11.8 Å². The first-order valence-electron chi connectivity index (χ1n) is 3.69. The quantitative estimate of drug-likeness (QED) is 0.869. The van der Waals surface area contributed by atoms with Gasteiger partial charge in [0.1, 0.15) is 0 Å². The minimum Gasteiger partial charge on any atom is -0.505 e. The van der Waals surface area contributed by atoms with E-state index in [2.05, 4.69) is 15.9 Å². The second kappa shape index (κ2) is 4.24. The second-order valence-electron chi connectivity index (χ2n) is 2.52. The molecule has 0 unspecified atom stereocenters. The average Bonchev–Trinajstić information content (AvgIpc) is 2.12. The number of benzene rings is 1. The highest BCUT2D eigenvalue weighted by molar-refractivity contribution is 9.10. The van der Waals surface area contributed by atoms with Crippen LogP contribution in [0.1, 0.15) is 12.0 Å². The van der Waals surface area contributed by atoms with Crippen molar-refractivity contribution >= 4 is 15.9 Å². The smallest absolute Gasteiger partial charge is 0.169 e. The number of nitriles is 1. The molecule has 4 heteroatoms. The molecule has 68 valence electrons. The van der Waals surface area contributed by atoms with Crippen LogP contribution >= 0.6 is 15.9 Å². The van der Waals surface area contributed by atoms with Crippen molar-refractivity contribution in [2.24, 2.45) is 0 Å². The third-order valence-electron chi connectivity index (χ3n) is 1.65. The summed E-state index contributed by atoms with van der Waals surface area (Å²) in [6.07, 6.45) is 0.538. The molecule has 0 atom stereocenters. The molecule has 0 aromatic heterocycles. The van der Waals surface area contributed by atoms with E-state index in [0.29, 0.717) is 16.5 Å². The SMILES string of the molecule is N#CCCc1c(Br)ccc(O)c1F. The van der Waals surface area contributed by atoms with Crippen LogP contribution in [0.3, 0.4) is 0 Å². The van der Waals surface area contributed by atoms with Crippen molar-refractivity contribution in [1.29, 1.82) is 5.26 Å². The summed E-state index contributed by atoms with van der Waals surface area (Å²) in [7, 11) is 0. The van der Waals surface area contributed by atoms with Crippen molar-refractivity contribution in [2.45, 2.75) is 12.8 Å². The lowest BCUT2D eigenvalue weighted by Gasteiger charge is -2.04. The molecule has 0 saturated carbocycles. The van der Waals surface area contributed by atoms with E-state index < -0.39 is 5.82 Å². The Hall–Kier alpha value is -1.08. The van der Waals surface area contributed by atoms with E-state index in [4.69, 9.17) is 10.4 Å². The molecule has 0 bridgehead atoms. The Labute approximate surface area is 83.7 Å². The number of halogens is 2. The van der Waals surface area contributed by atoms with Crippen molar-refractivity contribution in [3.05, 3.63) is 28.0 Å². The first kappa shape index (κ1) is 10.0. The monoisotopic (exact) mass is 243 g/mol. The van der Waals surface area contributed by atoms with Gasteiger partial charge in [0.2, 0.25) is 0 Å². The molecule has 0 spiro atoms. The second-order valence-corrected chi connectivity index (χ2v) is 3.37. The lowest BCUT2D eigenvalue weighted by molar-refractivity contribution is 0.428. The molecule has 0 heterocycles. The fourth-order valence-corrected chi connectivity index (χ4v) is 1.50. The van der Waals surface area contributed by atoms with Crippen molar-refractivity contribution in [1.82, 2.24) is 0 Å². The lowest BCUT2D eigenvalue weighted by atomic mass is 10.1. The van der Waals surface area contributed by atoms with Gasteiger partial charge in [0.05, 0.1) is 6.07 Å². The Kier molecular flexibility index (Phi) is 3.26. The van der Waals surface area contributed by atoms with E-state index in [-0.39, 0.29) is 12.2 Å². The van der Waals surface area contributed by atoms with Gasteiger partial charge in [-0.15, -0.1) is 0 Å². The predicted octanol–water partition coefficient (Wildman–Crippen LogP) is 2.75. The Bertz CT molecular complexity index is 359. The highest BCUT2D eigenvalue weighted by Gasteiger charge is 2.10. The predicted molar refractivity (Wildman–Crippen MR) is 49.7 cm³/mol. The number of nitrogens with zero attached hydrogens (tertiary/aromatic N) is 1. The van der Waals surface area contributed by atoms with E-state index in [1.165, 1.54) is 6.07 Å². The van der Waals surface area contributed by atoms with Gasteiger partial charge in [0, 0.05) is 16.5 Å². The Balaban J connectivity index is 3.04. The van der Waals surface area contributed by atoms with Gasteiger partial charge in [-0.1, -0.05) is 15.9 Å². The van der Waals surface area contributed by atoms with E-state index in [9.17, 15) is 4.39 Å². The van der Waals surface area contributed by atoms with Gasteiger partial charge in [-0.25, -0.2) is 4.39 Å². The van der Waals surface area contributed by atoms with Crippen LogP contribution in [-0.4, -0.2) is 5.11 Å². The minimum absolute atomic E-state index is 0.235. The summed E-state index contributed by atoms with van der Waals surface area (Å²) in [4.78, 5) is 0. The van der Waals surface area contributed by atoms with E-state index >= 15 is 0 Å². The molecule has 1 aromatic rings. The third-order valence-corrected chi connectivity index (χ3v) is 2.40. The fraction of sp³-hybridized carbons (Fsp3) is 0.222. The van der Waals surface area contributed by atoms with Gasteiger partial charge < -0.3 is 5.11 Å². The normalized spacial score (nSPS) is 9.62. The largest absolute Gasteiger partial charge is 0.505 e. The maximum Gasteiger partial charge on any atom is 0.169 e. The molecular weight excluding hydrogens is 237 g/mol. The molecule has 1 aromatic carbocycles. The standard InChI is InChI=1S/C9H7BrFNO/c10-7-3-4-8(13)9(11)6(7)2-1-5-12/h3-4,13H,1-2H2. The molecule has 0 aliphatic rings. The van der Waals surface area contributed by atoms with Crippen LogP contribution < -0.4 is 0 Å². The van der Waals surface area contributed by atoms with Crippen LogP contribution in [-0.2, 0) is 6.42 Å². The average molecular weight is 244 g/mol. The van der Waals surface area contributed by atoms with Crippen LogP contribution in [0, 0.1) is 17.1 Å². The molecule has 1 N–H and O–H groups in total. The number of hydrogen-bond acceptors (Lipinski definition) is 2. The van der Waals surface area contributed by atoms with Gasteiger partial charge in [0.15, 0.2) is 11.6 Å². The molecule has 0 aliphatic carbocycles. The van der Waals surface area contributed by atoms with Gasteiger partial charge in [0.25, 0.3) is 0 Å². The molecule has 0 radical (unpaired) electrons. The summed E-state index contributed by atoms with van der Waals surface area (Å²) in [5.41, 5.74) is 0.349. The Morgan fingerprint density at radius 2 is 2.23 bits per heavy atom. The van der Waals surface area contributed by atoms with Crippen molar-refractivity contribution in [3.63, 3.8) is 0 Å². The molecule has 13 heavy (non-hydrogen) atoms. The molecular formula is C9H7BrFNO. The fourth-order valence-electron chi connectivity index (χ4n) is 0.995. The molecule has 2 nitrogen and oxygen atoms in total. The Morgan fingerprint density at radius 1 is 1.54 bits per heavy atom. The lowest BCUT2D eigenvalue weighted by Crippen LogP contribution is -1.92. The highest BCUT2D eigenvalue weighted by atomic mass is 79.9. The topological polar surface area (TPSA) is 44.0 Å². The van der Waals surface area contributed by atoms with Crippen LogP contribution in [0.25, 0.3) is 0 Å². The first-order chi connectivity index (χ1) is 6.16. The number of aromatic hydroxyl groups is 1. The summed E-state index contributed by atoms with van der Waals surface area (Å²) >= 11 is 3.15. The molecule has 0 saturated heterocycles. The third kappa shape index (κ3) is 2.19. The van der Waals surface area contributed by atoms with Crippen molar-refractivity contribution < 1.29 is 9.50 Å². The van der Waals surface area contributed by atoms with Gasteiger partial charge in [-0.05, 0) is 18.6 Å². The Morgan fingerprint density at radius 3 is 2.85 bits per heavy atom. The van der Waals surface area contributed by atoms with Gasteiger partial charge in [-0.2, -0.15) is 5.26 Å². The van der Waals surface area contributed by atoms with Crippen LogP contribution in [0.5, 0.6) is 5.75 Å². The van der Waals surface area contributed by atoms with Crippen molar-refractivity contribution in [2.75, 3.05) is 0 Å². The zero-order valence-corrected chi connectivity index (χ0v) is 8.31. The number of hydrogen-bond donors (Lipinski definition) is 1. The number of phenolic OH excluding ortho intramolecular Hbond substituents is 1. The number of phenols is 1. The van der Waals surface area contributed by atoms with Crippen LogP contribution in [0.2, 0.25) is 0 Å². The summed E-state index contributed by atoms with van der Waals surface area (Å²) in [6, 6.07) is 4.75. The molecule has 0 amide bonds. The van der Waals surface area contributed by atoms with Gasteiger partial charge >= 0.3 is 0 Å². The molecule has 1 rings (SSSR count). The summed E-state index contributed by atoms with van der Waals surface area (Å²) < 4.78 is 13.8. The zero-order chi connectivity index (χ0) is 9.84. The van der Waals surface area contributed by atoms with E-state index in [1.54, 1.807) is 6.07 Å². The van der Waals surface area contributed by atoms with E-state index in [0.717, 1.165) is 0 Å². The summed E-state index contributed by atoms with van der Waals surface area (Å²) in [5.74, 6) is -1.03. The zero-order valence-electron chi connectivity index (χ0n) is 6.72. The maximum absolute atomic E-state index is 13.2. The molecule has 0 aliphatic heterocycles. The number of rotatable bonds is 2.